The van der Waals surface area contributed by atoms with Crippen LogP contribution in [0.3, 0.4) is 0 Å². The molecule has 0 heterocycles. The van der Waals surface area contributed by atoms with Gasteiger partial charge in [0.1, 0.15) is 11.2 Å². The van der Waals surface area contributed by atoms with E-state index in [9.17, 15) is 9.59 Å². The van der Waals surface area contributed by atoms with Crippen LogP contribution in [0.15, 0.2) is 17.0 Å². The summed E-state index contributed by atoms with van der Waals surface area (Å²) in [4.78, 5) is 27.5. The van der Waals surface area contributed by atoms with E-state index in [-0.39, 0.29) is 5.41 Å². The third-order valence-corrected chi connectivity index (χ3v) is 3.89. The maximum absolute atomic E-state index is 12.9. The SMILES string of the molecule is Cc1cc(S)c(C(C)(C)C)cc1N(C(=O)OC(C)(C)C)C(=O)OC(C)(C)C. The average molecular weight is 396 g/mol. The Morgan fingerprint density at radius 3 is 1.59 bits per heavy atom. The second-order valence-corrected chi connectivity index (χ2v) is 10.2. The van der Waals surface area contributed by atoms with Gasteiger partial charge in [0.05, 0.1) is 5.69 Å². The van der Waals surface area contributed by atoms with Crippen LogP contribution in [0.2, 0.25) is 0 Å². The standard InChI is InChI=1S/C21H33NO4S/c1-13-11-16(27)14(19(2,3)4)12-15(13)22(17(23)25-20(5,6)7)18(24)26-21(8,9)10/h11-12,27H,1-10H3. The van der Waals surface area contributed by atoms with Gasteiger partial charge in [0.15, 0.2) is 0 Å². The molecule has 0 bridgehead atoms. The van der Waals surface area contributed by atoms with Crippen LogP contribution in [-0.2, 0) is 14.9 Å². The first-order chi connectivity index (χ1) is 11.9. The Labute approximate surface area is 168 Å². The minimum atomic E-state index is -0.772. The highest BCUT2D eigenvalue weighted by atomic mass is 32.1. The van der Waals surface area contributed by atoms with E-state index in [0.717, 1.165) is 20.9 Å². The molecule has 0 aliphatic heterocycles. The molecule has 0 fully saturated rings. The Kier molecular flexibility index (Phi) is 6.69. The van der Waals surface area contributed by atoms with Crippen molar-refractivity contribution in [1.29, 1.82) is 0 Å². The highest BCUT2D eigenvalue weighted by molar-refractivity contribution is 7.80. The largest absolute Gasteiger partial charge is 0.443 e. The van der Waals surface area contributed by atoms with Crippen LogP contribution in [0, 0.1) is 6.92 Å². The fraction of sp³-hybridized carbons (Fsp3) is 0.619. The van der Waals surface area contributed by atoms with Crippen molar-refractivity contribution in [2.75, 3.05) is 4.90 Å². The number of ether oxygens (including phenoxy) is 2. The predicted octanol–water partition coefficient (Wildman–Crippen LogP) is 6.26. The molecular formula is C21H33NO4S. The summed E-state index contributed by atoms with van der Waals surface area (Å²) < 4.78 is 10.9. The fourth-order valence-electron chi connectivity index (χ4n) is 2.41. The molecule has 27 heavy (non-hydrogen) atoms. The Hall–Kier alpha value is -1.69. The number of aryl methyl sites for hydroxylation is 1. The molecule has 1 rings (SSSR count). The molecule has 0 saturated heterocycles. The number of imide groups is 1. The van der Waals surface area contributed by atoms with E-state index in [2.05, 4.69) is 12.6 Å². The lowest BCUT2D eigenvalue weighted by Gasteiger charge is -2.31. The molecule has 152 valence electrons. The zero-order chi connectivity index (χ0) is 21.4. The Morgan fingerprint density at radius 2 is 1.26 bits per heavy atom. The molecule has 0 saturated carbocycles. The number of carbonyl (C=O) groups is 2. The molecule has 2 amide bonds. The van der Waals surface area contributed by atoms with E-state index in [0.29, 0.717) is 5.69 Å². The van der Waals surface area contributed by atoms with E-state index in [1.165, 1.54) is 0 Å². The van der Waals surface area contributed by atoms with Gasteiger partial charge in [-0.15, -0.1) is 12.6 Å². The first kappa shape index (κ1) is 23.3. The normalized spacial score (nSPS) is 12.6. The summed E-state index contributed by atoms with van der Waals surface area (Å²) in [5.41, 5.74) is 0.366. The van der Waals surface area contributed by atoms with Crippen molar-refractivity contribution in [3.05, 3.63) is 23.3 Å². The van der Waals surface area contributed by atoms with Crippen LogP contribution >= 0.6 is 12.6 Å². The molecule has 0 radical (unpaired) electrons. The number of anilines is 1. The summed E-state index contributed by atoms with van der Waals surface area (Å²) in [5, 5.41) is 0. The molecule has 0 unspecified atom stereocenters. The molecule has 5 nitrogen and oxygen atoms in total. The third-order valence-electron chi connectivity index (χ3n) is 3.52. The number of hydrogen-bond acceptors (Lipinski definition) is 5. The van der Waals surface area contributed by atoms with Crippen molar-refractivity contribution in [2.24, 2.45) is 0 Å². The van der Waals surface area contributed by atoms with Gasteiger partial charge in [0.25, 0.3) is 0 Å². The van der Waals surface area contributed by atoms with E-state index >= 15 is 0 Å². The highest BCUT2D eigenvalue weighted by Crippen LogP contribution is 2.35. The second-order valence-electron chi connectivity index (χ2n) is 9.70. The summed E-state index contributed by atoms with van der Waals surface area (Å²) >= 11 is 4.57. The lowest BCUT2D eigenvalue weighted by molar-refractivity contribution is 0.0430. The highest BCUT2D eigenvalue weighted by Gasteiger charge is 2.34. The number of rotatable bonds is 1. The molecule has 0 aliphatic carbocycles. The van der Waals surface area contributed by atoms with Crippen LogP contribution in [0.25, 0.3) is 0 Å². The maximum Gasteiger partial charge on any atom is 0.424 e. The van der Waals surface area contributed by atoms with Crippen molar-refractivity contribution in [2.45, 2.75) is 90.7 Å². The molecule has 1 aromatic rings. The van der Waals surface area contributed by atoms with Crippen LogP contribution in [0.1, 0.15) is 73.4 Å². The first-order valence-corrected chi connectivity index (χ1v) is 9.47. The van der Waals surface area contributed by atoms with Crippen LogP contribution in [-0.4, -0.2) is 23.4 Å². The lowest BCUT2D eigenvalue weighted by atomic mass is 9.86. The molecule has 0 spiro atoms. The van der Waals surface area contributed by atoms with Gasteiger partial charge in [-0.05, 0) is 77.1 Å². The van der Waals surface area contributed by atoms with Gasteiger partial charge in [-0.3, -0.25) is 0 Å². The van der Waals surface area contributed by atoms with E-state index in [1.807, 2.05) is 39.8 Å². The van der Waals surface area contributed by atoms with Crippen molar-refractivity contribution >= 4 is 30.5 Å². The summed E-state index contributed by atoms with van der Waals surface area (Å²) in [6.07, 6.45) is -1.54. The van der Waals surface area contributed by atoms with Crippen molar-refractivity contribution in [3.63, 3.8) is 0 Å². The monoisotopic (exact) mass is 395 g/mol. The molecule has 1 aromatic carbocycles. The number of benzene rings is 1. The molecule has 0 aliphatic rings. The number of thiol groups is 1. The van der Waals surface area contributed by atoms with Crippen LogP contribution < -0.4 is 4.90 Å². The quantitative estimate of drug-likeness (QED) is 0.570. The second kappa shape index (κ2) is 7.74. The minimum absolute atomic E-state index is 0.215. The predicted molar refractivity (Wildman–Crippen MR) is 112 cm³/mol. The first-order valence-electron chi connectivity index (χ1n) is 9.02. The van der Waals surface area contributed by atoms with Crippen LogP contribution in [0.5, 0.6) is 0 Å². The van der Waals surface area contributed by atoms with Crippen molar-refractivity contribution < 1.29 is 19.1 Å². The van der Waals surface area contributed by atoms with E-state index in [4.69, 9.17) is 9.47 Å². The average Bonchev–Trinajstić information content (AvgIpc) is 2.35. The molecule has 6 heteroatoms. The van der Waals surface area contributed by atoms with Gasteiger partial charge in [0, 0.05) is 4.90 Å². The number of carbonyl (C=O) groups excluding carboxylic acids is 2. The minimum Gasteiger partial charge on any atom is -0.443 e. The number of hydrogen-bond donors (Lipinski definition) is 1. The van der Waals surface area contributed by atoms with Gasteiger partial charge >= 0.3 is 12.2 Å². The maximum atomic E-state index is 12.9. The van der Waals surface area contributed by atoms with Gasteiger partial charge in [-0.1, -0.05) is 20.8 Å². The molecular weight excluding hydrogens is 362 g/mol. The topological polar surface area (TPSA) is 55.8 Å². The van der Waals surface area contributed by atoms with Crippen molar-refractivity contribution in [1.82, 2.24) is 0 Å². The van der Waals surface area contributed by atoms with Gasteiger partial charge in [-0.2, -0.15) is 4.90 Å². The van der Waals surface area contributed by atoms with Gasteiger partial charge < -0.3 is 9.47 Å². The lowest BCUT2D eigenvalue weighted by Crippen LogP contribution is -2.44. The molecule has 0 aromatic heterocycles. The van der Waals surface area contributed by atoms with Gasteiger partial charge in [-0.25, -0.2) is 9.59 Å². The van der Waals surface area contributed by atoms with E-state index in [1.54, 1.807) is 41.5 Å². The summed E-state index contributed by atoms with van der Waals surface area (Å²) in [7, 11) is 0. The zero-order valence-corrected chi connectivity index (χ0v) is 19.1. The summed E-state index contributed by atoms with van der Waals surface area (Å²) in [5.74, 6) is 0. The smallest absolute Gasteiger partial charge is 0.424 e. The van der Waals surface area contributed by atoms with Crippen LogP contribution in [0.4, 0.5) is 15.3 Å². The van der Waals surface area contributed by atoms with Gasteiger partial charge in [0.2, 0.25) is 0 Å². The summed E-state index contributed by atoms with van der Waals surface area (Å²) in [6.45, 7) is 18.5. The Morgan fingerprint density at radius 1 is 0.852 bits per heavy atom. The summed E-state index contributed by atoms with van der Waals surface area (Å²) in [6, 6.07) is 3.66. The number of nitrogens with zero attached hydrogens (tertiary/aromatic N) is 1. The zero-order valence-electron chi connectivity index (χ0n) is 18.2. The molecule has 0 atom stereocenters. The third kappa shape index (κ3) is 6.76. The van der Waals surface area contributed by atoms with Crippen molar-refractivity contribution in [3.8, 4) is 0 Å². The number of amides is 2. The molecule has 0 N–H and O–H groups in total. The van der Waals surface area contributed by atoms with E-state index < -0.39 is 23.4 Å². The Bertz CT molecular complexity index is 693. The fourth-order valence-corrected chi connectivity index (χ4v) is 3.00. The Balaban J connectivity index is 3.55.